The highest BCUT2D eigenvalue weighted by Gasteiger charge is 2.44. The number of carbonyl (C=O) groups excluding carboxylic acids is 1. The van der Waals surface area contributed by atoms with Gasteiger partial charge in [-0.1, -0.05) is 43.7 Å². The third kappa shape index (κ3) is 3.55. The lowest BCUT2D eigenvalue weighted by molar-refractivity contribution is -0.134. The molecule has 28 heavy (non-hydrogen) atoms. The summed E-state index contributed by atoms with van der Waals surface area (Å²) < 4.78 is 5.24. The zero-order valence-corrected chi connectivity index (χ0v) is 18.3. The predicted octanol–water partition coefficient (Wildman–Crippen LogP) is 6.03. The molecule has 3 rings (SSSR count). The van der Waals surface area contributed by atoms with Gasteiger partial charge in [-0.2, -0.15) is 0 Å². The number of hydrogen-bond acceptors (Lipinski definition) is 2. The molecule has 0 aromatic heterocycles. The van der Waals surface area contributed by atoms with Crippen molar-refractivity contribution in [3.8, 4) is 5.75 Å². The number of rotatable bonds is 4. The molecule has 1 aromatic carbocycles. The average Bonchev–Trinajstić information content (AvgIpc) is 2.79. The van der Waals surface area contributed by atoms with E-state index in [4.69, 9.17) is 4.74 Å². The Kier molecular flexibility index (Phi) is 5.31. The molecule has 2 aliphatic rings. The number of ether oxygens (including phenoxy) is 1. The molecule has 0 saturated carbocycles. The molecule has 1 aliphatic carbocycles. The second-order valence-electron chi connectivity index (χ2n) is 9.23. The average molecular weight is 380 g/mol. The van der Waals surface area contributed by atoms with Crippen molar-refractivity contribution < 1.29 is 9.53 Å². The van der Waals surface area contributed by atoms with Crippen LogP contribution in [0.5, 0.6) is 5.75 Å². The maximum atomic E-state index is 13.3. The fourth-order valence-electron chi connectivity index (χ4n) is 4.47. The van der Waals surface area contributed by atoms with E-state index >= 15 is 0 Å². The van der Waals surface area contributed by atoms with Gasteiger partial charge in [0.15, 0.2) is 0 Å². The molecule has 0 radical (unpaired) electrons. The van der Waals surface area contributed by atoms with Crippen molar-refractivity contribution in [1.82, 2.24) is 4.90 Å². The molecule has 150 valence electrons. The summed E-state index contributed by atoms with van der Waals surface area (Å²) in [5.41, 5.74) is 5.63. The Morgan fingerprint density at radius 3 is 2.32 bits per heavy atom. The first-order valence-corrected chi connectivity index (χ1v) is 10.1. The molecule has 0 saturated heterocycles. The van der Waals surface area contributed by atoms with E-state index in [0.29, 0.717) is 6.54 Å². The number of amides is 1. The molecule has 0 atom stereocenters. The lowest BCUT2D eigenvalue weighted by Crippen LogP contribution is -2.32. The van der Waals surface area contributed by atoms with Gasteiger partial charge in [0.25, 0.3) is 0 Å². The standard InChI is InChI=1S/C25H33NO2/c1-17-9-8-14-24(3,4)21(17)15-22-18(2)26(23(27)25(22,5)6)16-19-10-12-20(28-7)13-11-19/h9-13,15H,8,14,16H2,1-7H3/b21-15-. The van der Waals surface area contributed by atoms with E-state index < -0.39 is 5.41 Å². The van der Waals surface area contributed by atoms with Gasteiger partial charge in [0, 0.05) is 5.70 Å². The Morgan fingerprint density at radius 2 is 1.75 bits per heavy atom. The van der Waals surface area contributed by atoms with E-state index in [0.717, 1.165) is 35.4 Å². The summed E-state index contributed by atoms with van der Waals surface area (Å²) in [6.07, 6.45) is 6.89. The molecule has 0 unspecified atom stereocenters. The van der Waals surface area contributed by atoms with Gasteiger partial charge in [0.05, 0.1) is 19.1 Å². The Hall–Kier alpha value is -2.29. The zero-order valence-electron chi connectivity index (χ0n) is 18.3. The van der Waals surface area contributed by atoms with Crippen LogP contribution in [0, 0.1) is 10.8 Å². The van der Waals surface area contributed by atoms with Gasteiger partial charge in [-0.3, -0.25) is 4.79 Å². The topological polar surface area (TPSA) is 29.5 Å². The van der Waals surface area contributed by atoms with Crippen LogP contribution in [0.3, 0.4) is 0 Å². The second kappa shape index (κ2) is 7.27. The molecule has 3 nitrogen and oxygen atoms in total. The molecule has 1 amide bonds. The number of benzene rings is 1. The molecule has 0 bridgehead atoms. The minimum atomic E-state index is -0.517. The van der Waals surface area contributed by atoms with Gasteiger partial charge in [0.2, 0.25) is 5.91 Å². The fraction of sp³-hybridized carbons (Fsp3) is 0.480. The van der Waals surface area contributed by atoms with Gasteiger partial charge < -0.3 is 9.64 Å². The molecular formula is C25H33NO2. The SMILES string of the molecule is COc1ccc(CN2C(=O)C(C)(C)C(/C=C3/C(C)=CCCC3(C)C)=C2C)cc1. The highest BCUT2D eigenvalue weighted by atomic mass is 16.5. The van der Waals surface area contributed by atoms with E-state index in [1.165, 1.54) is 11.1 Å². The van der Waals surface area contributed by atoms with Gasteiger partial charge in [0.1, 0.15) is 5.75 Å². The molecule has 1 aliphatic heterocycles. The van der Waals surface area contributed by atoms with Crippen LogP contribution < -0.4 is 4.74 Å². The maximum absolute atomic E-state index is 13.3. The van der Waals surface area contributed by atoms with Crippen LogP contribution in [0.4, 0.5) is 0 Å². The third-order valence-corrected chi connectivity index (χ3v) is 6.41. The van der Waals surface area contributed by atoms with Crippen LogP contribution in [-0.4, -0.2) is 17.9 Å². The highest BCUT2D eigenvalue weighted by Crippen LogP contribution is 2.46. The Morgan fingerprint density at radius 1 is 1.11 bits per heavy atom. The van der Waals surface area contributed by atoms with Crippen LogP contribution in [0.25, 0.3) is 0 Å². The molecule has 0 fully saturated rings. The number of nitrogens with zero attached hydrogens (tertiary/aromatic N) is 1. The van der Waals surface area contributed by atoms with Crippen molar-refractivity contribution in [3.05, 3.63) is 64.4 Å². The second-order valence-corrected chi connectivity index (χ2v) is 9.23. The molecule has 1 aromatic rings. The van der Waals surface area contributed by atoms with Crippen LogP contribution in [-0.2, 0) is 11.3 Å². The summed E-state index contributed by atoms with van der Waals surface area (Å²) in [4.78, 5) is 15.2. The smallest absolute Gasteiger partial charge is 0.237 e. The van der Waals surface area contributed by atoms with Crippen LogP contribution >= 0.6 is 0 Å². The largest absolute Gasteiger partial charge is 0.497 e. The van der Waals surface area contributed by atoms with Crippen LogP contribution in [0.1, 0.15) is 59.9 Å². The number of allylic oxidation sites excluding steroid dienone is 5. The van der Waals surface area contributed by atoms with Crippen molar-refractivity contribution in [3.63, 3.8) is 0 Å². The Bertz CT molecular complexity index is 866. The van der Waals surface area contributed by atoms with E-state index in [1.54, 1.807) is 7.11 Å². The number of carbonyl (C=O) groups is 1. The lowest BCUT2D eigenvalue weighted by Gasteiger charge is -2.33. The first kappa shape index (κ1) is 20.4. The van der Waals surface area contributed by atoms with Crippen molar-refractivity contribution in [2.75, 3.05) is 7.11 Å². The first-order chi connectivity index (χ1) is 13.1. The van der Waals surface area contributed by atoms with Gasteiger partial charge >= 0.3 is 0 Å². The highest BCUT2D eigenvalue weighted by molar-refractivity contribution is 5.91. The summed E-state index contributed by atoms with van der Waals surface area (Å²) in [5, 5.41) is 0. The Balaban J connectivity index is 1.99. The van der Waals surface area contributed by atoms with Gasteiger partial charge in [-0.25, -0.2) is 0 Å². The van der Waals surface area contributed by atoms with Crippen LogP contribution in [0.15, 0.2) is 58.8 Å². The van der Waals surface area contributed by atoms with E-state index in [1.807, 2.05) is 43.0 Å². The normalized spacial score (nSPS) is 22.7. The van der Waals surface area contributed by atoms with Gasteiger partial charge in [-0.05, 0) is 74.8 Å². The van der Waals surface area contributed by atoms with E-state index in [9.17, 15) is 4.79 Å². The molecular weight excluding hydrogens is 346 g/mol. The Labute approximate surface area is 169 Å². The monoisotopic (exact) mass is 379 g/mol. The quantitative estimate of drug-likeness (QED) is 0.639. The summed E-state index contributed by atoms with van der Waals surface area (Å²) in [5.74, 6) is 0.999. The fourth-order valence-corrected chi connectivity index (χ4v) is 4.47. The summed E-state index contributed by atoms with van der Waals surface area (Å²) in [7, 11) is 1.66. The predicted molar refractivity (Wildman–Crippen MR) is 115 cm³/mol. The zero-order chi connectivity index (χ0) is 20.7. The van der Waals surface area contributed by atoms with Crippen molar-refractivity contribution in [2.24, 2.45) is 10.8 Å². The van der Waals surface area contributed by atoms with Crippen molar-refractivity contribution >= 4 is 5.91 Å². The van der Waals surface area contributed by atoms with Crippen molar-refractivity contribution in [2.45, 2.75) is 60.9 Å². The van der Waals surface area contributed by atoms with E-state index in [-0.39, 0.29) is 11.3 Å². The molecule has 0 spiro atoms. The lowest BCUT2D eigenvalue weighted by atomic mass is 9.71. The van der Waals surface area contributed by atoms with E-state index in [2.05, 4.69) is 39.8 Å². The van der Waals surface area contributed by atoms with Crippen molar-refractivity contribution in [1.29, 1.82) is 0 Å². The van der Waals surface area contributed by atoms with Gasteiger partial charge in [-0.15, -0.1) is 0 Å². The maximum Gasteiger partial charge on any atom is 0.237 e. The third-order valence-electron chi connectivity index (χ3n) is 6.41. The number of methoxy groups -OCH3 is 1. The van der Waals surface area contributed by atoms with Crippen LogP contribution in [0.2, 0.25) is 0 Å². The summed E-state index contributed by atoms with van der Waals surface area (Å²) >= 11 is 0. The first-order valence-electron chi connectivity index (χ1n) is 10.1. The summed E-state index contributed by atoms with van der Waals surface area (Å²) in [6, 6.07) is 7.95. The summed E-state index contributed by atoms with van der Waals surface area (Å²) in [6.45, 7) is 13.6. The molecule has 1 heterocycles. The molecule has 0 N–H and O–H groups in total. The molecule has 3 heteroatoms. The number of hydrogen-bond donors (Lipinski definition) is 0. The minimum Gasteiger partial charge on any atom is -0.497 e. The minimum absolute atomic E-state index is 0.134.